The lowest BCUT2D eigenvalue weighted by atomic mass is 9.86. The second-order valence-electron chi connectivity index (χ2n) is 4.71. The molecule has 6 heteroatoms. The van der Waals surface area contributed by atoms with E-state index < -0.39 is 17.7 Å². The normalized spacial score (nSPS) is 20.6. The quantitative estimate of drug-likeness (QED) is 0.849. The number of carbonyl (C=O) groups is 3. The lowest BCUT2D eigenvalue weighted by Gasteiger charge is -2.16. The Morgan fingerprint density at radius 2 is 2.05 bits per heavy atom. The second-order valence-corrected chi connectivity index (χ2v) is 5.56. The van der Waals surface area contributed by atoms with Gasteiger partial charge in [-0.25, -0.2) is 0 Å². The van der Waals surface area contributed by atoms with E-state index in [0.717, 1.165) is 0 Å². The number of Topliss-reactive ketones (excluding diaryl/α,β-unsaturated/α-hetero) is 3. The Labute approximate surface area is 122 Å². The van der Waals surface area contributed by atoms with E-state index in [0.29, 0.717) is 4.47 Å². The largest absolute Gasteiger partial charge is 0.506 e. The highest BCUT2D eigenvalue weighted by atomic mass is 79.9. The van der Waals surface area contributed by atoms with E-state index in [9.17, 15) is 19.5 Å². The molecule has 0 saturated carbocycles. The van der Waals surface area contributed by atoms with E-state index in [1.807, 2.05) is 0 Å². The zero-order valence-electron chi connectivity index (χ0n) is 10.4. The summed E-state index contributed by atoms with van der Waals surface area (Å²) >= 11 is 3.11. The number of benzene rings is 1. The molecule has 102 valence electrons. The maximum atomic E-state index is 12.4. The van der Waals surface area contributed by atoms with Crippen LogP contribution in [0.15, 0.2) is 27.9 Å². The van der Waals surface area contributed by atoms with Crippen LogP contribution < -0.4 is 0 Å². The van der Waals surface area contributed by atoms with Gasteiger partial charge in [-0.05, 0) is 35.0 Å². The number of rotatable bonds is 1. The van der Waals surface area contributed by atoms with Gasteiger partial charge in [-0.15, -0.1) is 0 Å². The van der Waals surface area contributed by atoms with Gasteiger partial charge < -0.3 is 9.84 Å². The molecular formula is C14H9BrO5. The van der Waals surface area contributed by atoms with Crippen molar-refractivity contribution in [3.63, 3.8) is 0 Å². The summed E-state index contributed by atoms with van der Waals surface area (Å²) in [4.78, 5) is 36.1. The third kappa shape index (κ3) is 1.64. The van der Waals surface area contributed by atoms with Crippen LogP contribution in [0.3, 0.4) is 0 Å². The van der Waals surface area contributed by atoms with E-state index in [-0.39, 0.29) is 40.4 Å². The summed E-state index contributed by atoms with van der Waals surface area (Å²) in [6.07, 6.45) is -0.728. The molecular weight excluding hydrogens is 328 g/mol. The van der Waals surface area contributed by atoms with Gasteiger partial charge in [0.25, 0.3) is 0 Å². The van der Waals surface area contributed by atoms with Crippen LogP contribution in [0, 0.1) is 0 Å². The SMILES string of the molecule is CC(=O)C1CC2=C(O1)C(=O)c1ccc(Br)c(O)c1C2=O. The Morgan fingerprint density at radius 1 is 1.35 bits per heavy atom. The predicted octanol–water partition coefficient (Wildman–Crippen LogP) is 2.17. The monoisotopic (exact) mass is 336 g/mol. The van der Waals surface area contributed by atoms with Crippen LogP contribution in [0.5, 0.6) is 5.75 Å². The molecule has 1 aromatic rings. The van der Waals surface area contributed by atoms with Crippen molar-refractivity contribution >= 4 is 33.3 Å². The lowest BCUT2D eigenvalue weighted by molar-refractivity contribution is -0.124. The molecule has 5 nitrogen and oxygen atoms in total. The van der Waals surface area contributed by atoms with Crippen molar-refractivity contribution in [3.8, 4) is 5.75 Å². The van der Waals surface area contributed by atoms with Crippen molar-refractivity contribution < 1.29 is 24.2 Å². The second kappa shape index (κ2) is 4.28. The van der Waals surface area contributed by atoms with Gasteiger partial charge in [-0.3, -0.25) is 14.4 Å². The van der Waals surface area contributed by atoms with Crippen LogP contribution in [-0.2, 0) is 9.53 Å². The molecule has 0 spiro atoms. The highest BCUT2D eigenvalue weighted by Gasteiger charge is 2.43. The Bertz CT molecular complexity index is 717. The number of hydrogen-bond acceptors (Lipinski definition) is 5. The molecule has 1 aliphatic carbocycles. The molecule has 0 radical (unpaired) electrons. The van der Waals surface area contributed by atoms with E-state index in [1.165, 1.54) is 19.1 Å². The van der Waals surface area contributed by atoms with Gasteiger partial charge in [-0.1, -0.05) is 0 Å². The van der Waals surface area contributed by atoms with E-state index in [4.69, 9.17) is 4.74 Å². The van der Waals surface area contributed by atoms with Gasteiger partial charge in [0.2, 0.25) is 5.78 Å². The summed E-state index contributed by atoms with van der Waals surface area (Å²) in [6.45, 7) is 1.35. The average Bonchev–Trinajstić information content (AvgIpc) is 2.85. The molecule has 1 aliphatic heterocycles. The summed E-state index contributed by atoms with van der Waals surface area (Å²) in [5.74, 6) is -1.50. The van der Waals surface area contributed by atoms with Crippen molar-refractivity contribution in [2.75, 3.05) is 0 Å². The van der Waals surface area contributed by atoms with E-state index in [1.54, 1.807) is 0 Å². The van der Waals surface area contributed by atoms with Crippen LogP contribution in [0.1, 0.15) is 34.1 Å². The van der Waals surface area contributed by atoms with Crippen molar-refractivity contribution in [2.24, 2.45) is 0 Å². The molecule has 0 amide bonds. The third-order valence-electron chi connectivity index (χ3n) is 3.46. The van der Waals surface area contributed by atoms with Crippen LogP contribution >= 0.6 is 15.9 Å². The van der Waals surface area contributed by atoms with E-state index >= 15 is 0 Å². The topological polar surface area (TPSA) is 80.7 Å². The number of fused-ring (bicyclic) bond motifs is 1. The Hall–Kier alpha value is -1.95. The van der Waals surface area contributed by atoms with Crippen LogP contribution in [-0.4, -0.2) is 28.6 Å². The van der Waals surface area contributed by atoms with Gasteiger partial charge in [0.1, 0.15) is 5.75 Å². The standard InChI is InChI=1S/C14H9BrO5/c1-5(16)9-4-7-11(17)10-6(12(18)14(7)20-9)2-3-8(15)13(10)19/h2-3,9,19H,4H2,1H3. The lowest BCUT2D eigenvalue weighted by Crippen LogP contribution is -2.20. The van der Waals surface area contributed by atoms with Crippen molar-refractivity contribution in [3.05, 3.63) is 39.1 Å². The minimum Gasteiger partial charge on any atom is -0.506 e. The molecule has 0 saturated heterocycles. The number of aromatic hydroxyl groups is 1. The maximum Gasteiger partial charge on any atom is 0.228 e. The van der Waals surface area contributed by atoms with Gasteiger partial charge in [0, 0.05) is 12.0 Å². The molecule has 1 aromatic carbocycles. The van der Waals surface area contributed by atoms with Gasteiger partial charge in [-0.2, -0.15) is 0 Å². The fourth-order valence-corrected chi connectivity index (χ4v) is 2.73. The molecule has 2 aliphatic rings. The minimum absolute atomic E-state index is 0.0315. The number of allylic oxidation sites excluding steroid dienone is 1. The number of ketones is 3. The van der Waals surface area contributed by atoms with Crippen LogP contribution in [0.2, 0.25) is 0 Å². The number of ether oxygens (including phenoxy) is 1. The first-order valence-corrected chi connectivity index (χ1v) is 6.72. The molecule has 20 heavy (non-hydrogen) atoms. The third-order valence-corrected chi connectivity index (χ3v) is 4.10. The van der Waals surface area contributed by atoms with Crippen molar-refractivity contribution in [2.45, 2.75) is 19.4 Å². The number of carbonyl (C=O) groups excluding carboxylic acids is 3. The molecule has 0 aromatic heterocycles. The zero-order chi connectivity index (χ0) is 14.6. The summed E-state index contributed by atoms with van der Waals surface area (Å²) in [7, 11) is 0. The van der Waals surface area contributed by atoms with Gasteiger partial charge in [0.05, 0.1) is 15.6 Å². The van der Waals surface area contributed by atoms with Crippen LogP contribution in [0.25, 0.3) is 0 Å². The molecule has 1 atom stereocenters. The highest BCUT2D eigenvalue weighted by Crippen LogP contribution is 2.41. The fourth-order valence-electron chi connectivity index (χ4n) is 2.40. The van der Waals surface area contributed by atoms with E-state index in [2.05, 4.69) is 15.9 Å². The van der Waals surface area contributed by atoms with Crippen LogP contribution in [0.4, 0.5) is 0 Å². The van der Waals surface area contributed by atoms with Gasteiger partial charge in [0.15, 0.2) is 23.4 Å². The molecule has 3 rings (SSSR count). The molecule has 1 heterocycles. The zero-order valence-corrected chi connectivity index (χ0v) is 12.0. The smallest absolute Gasteiger partial charge is 0.228 e. The summed E-state index contributed by atoms with van der Waals surface area (Å²) < 4.78 is 5.64. The molecule has 0 bridgehead atoms. The molecule has 1 unspecified atom stereocenters. The van der Waals surface area contributed by atoms with Crippen molar-refractivity contribution in [1.82, 2.24) is 0 Å². The summed E-state index contributed by atoms with van der Waals surface area (Å²) in [5, 5.41) is 9.98. The van der Waals surface area contributed by atoms with Crippen molar-refractivity contribution in [1.29, 1.82) is 0 Å². The number of hydrogen-bond donors (Lipinski definition) is 1. The first kappa shape index (κ1) is 13.1. The fraction of sp³-hybridized carbons (Fsp3) is 0.214. The molecule has 1 N–H and O–H groups in total. The predicted molar refractivity (Wildman–Crippen MR) is 71.7 cm³/mol. The first-order chi connectivity index (χ1) is 9.41. The Morgan fingerprint density at radius 3 is 2.70 bits per heavy atom. The summed E-state index contributed by atoms with van der Waals surface area (Å²) in [5.41, 5.74) is 0.227. The maximum absolute atomic E-state index is 12.4. The number of halogens is 1. The Balaban J connectivity index is 2.15. The molecule has 0 fully saturated rings. The first-order valence-electron chi connectivity index (χ1n) is 5.93. The number of phenolic OH excluding ortho intramolecular Hbond substituents is 1. The Kier molecular flexibility index (Phi) is 2.79. The highest BCUT2D eigenvalue weighted by molar-refractivity contribution is 9.10. The minimum atomic E-state index is -0.798. The number of phenols is 1. The average molecular weight is 337 g/mol. The van der Waals surface area contributed by atoms with Gasteiger partial charge >= 0.3 is 0 Å². The summed E-state index contributed by atoms with van der Waals surface area (Å²) in [6, 6.07) is 2.94.